The molecule has 0 radical (unpaired) electrons. The lowest BCUT2D eigenvalue weighted by Crippen LogP contribution is -2.41. The predicted octanol–water partition coefficient (Wildman–Crippen LogP) is 4.75. The van der Waals surface area contributed by atoms with Gasteiger partial charge < -0.3 is 24.3 Å². The summed E-state index contributed by atoms with van der Waals surface area (Å²) in [6.07, 6.45) is 0. The number of aryl methyl sites for hydroxylation is 1. The van der Waals surface area contributed by atoms with E-state index in [0.717, 1.165) is 11.1 Å². The van der Waals surface area contributed by atoms with Crippen molar-refractivity contribution >= 4 is 22.8 Å². The molecular weight excluding hydrogens is 456 g/mol. The number of carbonyl (C=O) groups excluding carboxylic acids is 1. The van der Waals surface area contributed by atoms with Crippen molar-refractivity contribution in [1.29, 1.82) is 0 Å². The van der Waals surface area contributed by atoms with Gasteiger partial charge in [-0.25, -0.2) is 9.78 Å². The van der Waals surface area contributed by atoms with Crippen molar-refractivity contribution in [1.82, 2.24) is 14.5 Å². The fourth-order valence-corrected chi connectivity index (χ4v) is 4.16. The van der Waals surface area contributed by atoms with Crippen molar-refractivity contribution in [3.63, 3.8) is 0 Å². The van der Waals surface area contributed by atoms with Gasteiger partial charge in [-0.1, -0.05) is 54.6 Å². The molecule has 1 aromatic heterocycles. The maximum absolute atomic E-state index is 13.8. The number of nitrogens with one attached hydrogen (secondary N) is 1. The molecule has 186 valence electrons. The number of hydrogen-bond acceptors (Lipinski definition) is 5. The van der Waals surface area contributed by atoms with Crippen LogP contribution in [-0.4, -0.2) is 40.8 Å². The first kappa shape index (κ1) is 24.9. The summed E-state index contributed by atoms with van der Waals surface area (Å²) in [5.74, 6) is 0.566. The zero-order valence-corrected chi connectivity index (χ0v) is 20.7. The van der Waals surface area contributed by atoms with Crippen molar-refractivity contribution < 1.29 is 14.3 Å². The molecule has 0 aliphatic rings. The lowest BCUT2D eigenvalue weighted by atomic mass is 10.1. The van der Waals surface area contributed by atoms with Crippen LogP contribution in [0.1, 0.15) is 24.2 Å². The number of carbonyl (C=O) groups is 1. The van der Waals surface area contributed by atoms with Crippen molar-refractivity contribution in [3.8, 4) is 5.75 Å². The van der Waals surface area contributed by atoms with Gasteiger partial charge in [0, 0.05) is 14.2 Å². The second kappa shape index (κ2) is 11.5. The minimum atomic E-state index is -0.464. The van der Waals surface area contributed by atoms with Crippen LogP contribution in [0.15, 0.2) is 83.7 Å². The lowest BCUT2D eigenvalue weighted by Gasteiger charge is -2.32. The van der Waals surface area contributed by atoms with Crippen molar-refractivity contribution in [2.75, 3.05) is 25.6 Å². The Morgan fingerprint density at radius 2 is 1.72 bits per heavy atom. The SMILES string of the molecule is CCOc1ccccc1NC(=O)N(Cc1nc2ccccc2n(C)c1=O)C(COC)c1ccccc1. The van der Waals surface area contributed by atoms with Gasteiger partial charge in [0.25, 0.3) is 5.56 Å². The van der Waals surface area contributed by atoms with E-state index >= 15 is 0 Å². The summed E-state index contributed by atoms with van der Waals surface area (Å²) in [5, 5.41) is 2.97. The summed E-state index contributed by atoms with van der Waals surface area (Å²) in [6.45, 7) is 2.57. The van der Waals surface area contributed by atoms with E-state index in [1.807, 2.05) is 73.7 Å². The molecule has 36 heavy (non-hydrogen) atoms. The fraction of sp³-hybridized carbons (Fsp3) is 0.250. The third kappa shape index (κ3) is 5.39. The molecule has 2 amide bonds. The maximum Gasteiger partial charge on any atom is 0.322 e. The van der Waals surface area contributed by atoms with Gasteiger partial charge in [-0.2, -0.15) is 0 Å². The molecule has 1 unspecified atom stereocenters. The van der Waals surface area contributed by atoms with Crippen LogP contribution < -0.4 is 15.6 Å². The van der Waals surface area contributed by atoms with Crippen LogP contribution in [0, 0.1) is 0 Å². The number of ether oxygens (including phenoxy) is 2. The Kier molecular flexibility index (Phi) is 7.97. The summed E-state index contributed by atoms with van der Waals surface area (Å²) in [7, 11) is 3.30. The first-order valence-corrected chi connectivity index (χ1v) is 11.8. The minimum absolute atomic E-state index is 0.0108. The number of anilines is 1. The predicted molar refractivity (Wildman–Crippen MR) is 140 cm³/mol. The van der Waals surface area contributed by atoms with Gasteiger partial charge in [-0.3, -0.25) is 4.79 Å². The van der Waals surface area contributed by atoms with Crippen molar-refractivity contribution in [2.24, 2.45) is 7.05 Å². The first-order chi connectivity index (χ1) is 17.5. The van der Waals surface area contributed by atoms with E-state index in [-0.39, 0.29) is 24.4 Å². The second-order valence-electron chi connectivity index (χ2n) is 8.28. The summed E-state index contributed by atoms with van der Waals surface area (Å²) < 4.78 is 12.8. The number of urea groups is 1. The van der Waals surface area contributed by atoms with Crippen LogP contribution in [0.4, 0.5) is 10.5 Å². The molecule has 8 nitrogen and oxygen atoms in total. The van der Waals surface area contributed by atoms with E-state index in [1.54, 1.807) is 35.8 Å². The highest BCUT2D eigenvalue weighted by molar-refractivity contribution is 5.91. The molecule has 3 aromatic carbocycles. The molecule has 4 aromatic rings. The summed E-state index contributed by atoms with van der Waals surface area (Å²) in [6, 6.07) is 23.4. The number of para-hydroxylation sites is 4. The van der Waals surface area contributed by atoms with Gasteiger partial charge in [0.1, 0.15) is 11.4 Å². The quantitative estimate of drug-likeness (QED) is 0.369. The summed E-state index contributed by atoms with van der Waals surface area (Å²) in [4.78, 5) is 33.2. The van der Waals surface area contributed by atoms with Gasteiger partial charge in [-0.05, 0) is 36.8 Å². The zero-order chi connectivity index (χ0) is 25.5. The van der Waals surface area contributed by atoms with Crippen LogP contribution in [0.3, 0.4) is 0 Å². The van der Waals surface area contributed by atoms with E-state index in [4.69, 9.17) is 9.47 Å². The normalized spacial score (nSPS) is 11.8. The van der Waals surface area contributed by atoms with Gasteiger partial charge in [0.15, 0.2) is 0 Å². The Balaban J connectivity index is 1.77. The van der Waals surface area contributed by atoms with E-state index in [2.05, 4.69) is 10.3 Å². The topological polar surface area (TPSA) is 85.7 Å². The zero-order valence-electron chi connectivity index (χ0n) is 20.7. The molecule has 1 heterocycles. The summed E-state index contributed by atoms with van der Waals surface area (Å²) in [5.41, 5.74) is 2.83. The number of amides is 2. The van der Waals surface area contributed by atoms with Gasteiger partial charge >= 0.3 is 6.03 Å². The van der Waals surface area contributed by atoms with Crippen LogP contribution in [0.2, 0.25) is 0 Å². The highest BCUT2D eigenvalue weighted by Gasteiger charge is 2.28. The van der Waals surface area contributed by atoms with Crippen LogP contribution >= 0.6 is 0 Å². The van der Waals surface area contributed by atoms with E-state index in [1.165, 1.54) is 0 Å². The van der Waals surface area contributed by atoms with E-state index in [0.29, 0.717) is 23.6 Å². The molecule has 1 atom stereocenters. The molecule has 0 spiro atoms. The molecular formula is C28H30N4O4. The number of aromatic nitrogens is 2. The molecule has 0 bridgehead atoms. The van der Waals surface area contributed by atoms with Crippen LogP contribution in [0.5, 0.6) is 5.75 Å². The Bertz CT molecular complexity index is 1390. The third-order valence-corrected chi connectivity index (χ3v) is 5.94. The molecule has 1 N–H and O–H groups in total. The maximum atomic E-state index is 13.8. The average molecular weight is 487 g/mol. The van der Waals surface area contributed by atoms with Gasteiger partial charge in [0.05, 0.1) is 42.5 Å². The standard InChI is InChI=1S/C28H30N4O4/c1-4-36-26-17-11-9-15-22(26)30-28(34)32(25(19-35-3)20-12-6-5-7-13-20)18-23-27(33)31(2)24-16-10-8-14-21(24)29-23/h5-17,25H,4,18-19H2,1-3H3,(H,30,34). The average Bonchev–Trinajstić information content (AvgIpc) is 2.90. The van der Waals surface area contributed by atoms with E-state index in [9.17, 15) is 9.59 Å². The highest BCUT2D eigenvalue weighted by Crippen LogP contribution is 2.28. The van der Waals surface area contributed by atoms with Gasteiger partial charge in [-0.15, -0.1) is 0 Å². The molecule has 0 aliphatic heterocycles. The van der Waals surface area contributed by atoms with E-state index < -0.39 is 12.1 Å². The van der Waals surface area contributed by atoms with Crippen molar-refractivity contribution in [2.45, 2.75) is 19.5 Å². The highest BCUT2D eigenvalue weighted by atomic mass is 16.5. The number of rotatable bonds is 9. The number of hydrogen-bond donors (Lipinski definition) is 1. The van der Waals surface area contributed by atoms with Gasteiger partial charge in [0.2, 0.25) is 0 Å². The molecule has 8 heteroatoms. The fourth-order valence-electron chi connectivity index (χ4n) is 4.16. The largest absolute Gasteiger partial charge is 0.492 e. The van der Waals surface area contributed by atoms with Crippen LogP contribution in [-0.2, 0) is 18.3 Å². The Morgan fingerprint density at radius 1 is 1.03 bits per heavy atom. The van der Waals surface area contributed by atoms with Crippen molar-refractivity contribution in [3.05, 3.63) is 100 Å². The number of benzene rings is 3. The minimum Gasteiger partial charge on any atom is -0.492 e. The smallest absolute Gasteiger partial charge is 0.322 e. The Labute approximate surface area is 210 Å². The molecule has 0 saturated carbocycles. The number of fused-ring (bicyclic) bond motifs is 1. The molecule has 0 aliphatic carbocycles. The Hall–Kier alpha value is -4.17. The first-order valence-electron chi connectivity index (χ1n) is 11.8. The lowest BCUT2D eigenvalue weighted by molar-refractivity contribution is 0.104. The molecule has 4 rings (SSSR count). The third-order valence-electron chi connectivity index (χ3n) is 5.94. The van der Waals surface area contributed by atoms with Crippen LogP contribution in [0.25, 0.3) is 11.0 Å². The second-order valence-corrected chi connectivity index (χ2v) is 8.28. The Morgan fingerprint density at radius 3 is 2.47 bits per heavy atom. The molecule has 0 fully saturated rings. The number of nitrogens with zero attached hydrogens (tertiary/aromatic N) is 3. The molecule has 0 saturated heterocycles. The monoisotopic (exact) mass is 486 g/mol. The number of methoxy groups -OCH3 is 1. The summed E-state index contributed by atoms with van der Waals surface area (Å²) >= 11 is 0.